The number of halogens is 1. The number of hydrogen-bond acceptors (Lipinski definition) is 4. The van der Waals surface area contributed by atoms with Crippen LogP contribution in [0.5, 0.6) is 0 Å². The molecule has 1 aliphatic heterocycles. The zero-order valence-corrected chi connectivity index (χ0v) is 16.7. The van der Waals surface area contributed by atoms with Gasteiger partial charge in [0.1, 0.15) is 11.1 Å². The van der Waals surface area contributed by atoms with E-state index in [1.54, 1.807) is 4.90 Å². The van der Waals surface area contributed by atoms with Crippen molar-refractivity contribution in [2.75, 3.05) is 10.2 Å². The summed E-state index contributed by atoms with van der Waals surface area (Å²) in [6.45, 7) is 0. The molecule has 4 rings (SSSR count). The normalized spacial score (nSPS) is 17.4. The third kappa shape index (κ3) is 4.58. The summed E-state index contributed by atoms with van der Waals surface area (Å²) in [5.74, 6) is -0.897. The van der Waals surface area contributed by atoms with E-state index in [0.29, 0.717) is 16.5 Å². The van der Waals surface area contributed by atoms with E-state index in [0.717, 1.165) is 5.69 Å². The number of carbonyl (C=O) groups is 2. The number of hydrogen-bond donors (Lipinski definition) is 1. The molecule has 30 heavy (non-hydrogen) atoms. The minimum Gasteiger partial charge on any atom is -0.326 e. The topological polar surface area (TPSA) is 61.8 Å². The molecular formula is C23H18FN3O2S. The summed E-state index contributed by atoms with van der Waals surface area (Å²) in [5.41, 5.74) is 1.91. The Bertz CT molecular complexity index is 1070. The molecule has 0 unspecified atom stereocenters. The van der Waals surface area contributed by atoms with Crippen LogP contribution in [0.2, 0.25) is 0 Å². The second kappa shape index (κ2) is 8.92. The maximum absolute atomic E-state index is 13.1. The van der Waals surface area contributed by atoms with Crippen molar-refractivity contribution in [3.8, 4) is 0 Å². The lowest BCUT2D eigenvalue weighted by atomic mass is 10.2. The van der Waals surface area contributed by atoms with E-state index in [-0.39, 0.29) is 24.1 Å². The van der Waals surface area contributed by atoms with Gasteiger partial charge in [-0.25, -0.2) is 9.38 Å². The van der Waals surface area contributed by atoms with Crippen molar-refractivity contribution < 1.29 is 14.0 Å². The van der Waals surface area contributed by atoms with Gasteiger partial charge in [0.2, 0.25) is 11.8 Å². The van der Waals surface area contributed by atoms with Crippen LogP contribution in [-0.4, -0.2) is 22.2 Å². The van der Waals surface area contributed by atoms with Gasteiger partial charge in [-0.1, -0.05) is 48.2 Å². The van der Waals surface area contributed by atoms with Crippen molar-refractivity contribution in [1.82, 2.24) is 0 Å². The molecule has 1 fully saturated rings. The number of nitrogens with one attached hydrogen (secondary N) is 1. The lowest BCUT2D eigenvalue weighted by molar-refractivity contribution is -0.121. The molecule has 1 saturated heterocycles. The Morgan fingerprint density at radius 3 is 2.27 bits per heavy atom. The van der Waals surface area contributed by atoms with Gasteiger partial charge in [0, 0.05) is 12.1 Å². The number of para-hydroxylation sites is 2. The molecule has 2 amide bonds. The van der Waals surface area contributed by atoms with Crippen molar-refractivity contribution in [2.45, 2.75) is 11.7 Å². The molecule has 150 valence electrons. The summed E-state index contributed by atoms with van der Waals surface area (Å²) in [4.78, 5) is 31.8. The molecule has 7 heteroatoms. The molecule has 0 bridgehead atoms. The smallest absolute Gasteiger partial charge is 0.247 e. The minimum atomic E-state index is -0.604. The molecule has 0 spiro atoms. The zero-order valence-electron chi connectivity index (χ0n) is 15.9. The molecule has 0 aliphatic carbocycles. The first-order valence-electron chi connectivity index (χ1n) is 9.35. The van der Waals surface area contributed by atoms with E-state index in [1.165, 1.54) is 36.0 Å². The number of aliphatic imine (C=N–C) groups is 1. The quantitative estimate of drug-likeness (QED) is 0.634. The van der Waals surface area contributed by atoms with E-state index in [2.05, 4.69) is 10.3 Å². The number of benzene rings is 3. The van der Waals surface area contributed by atoms with Crippen LogP contribution < -0.4 is 10.2 Å². The van der Waals surface area contributed by atoms with Crippen molar-refractivity contribution in [3.63, 3.8) is 0 Å². The standard InChI is InChI=1S/C23H18FN3O2S/c24-16-11-13-18(14-12-16)25-21(28)15-20-22(29)27(19-9-5-2-6-10-19)23(30-20)26-17-7-3-1-4-8-17/h1-14,20H,15H2,(H,25,28)/t20-/m0/s1. The van der Waals surface area contributed by atoms with E-state index >= 15 is 0 Å². The third-order valence-corrected chi connectivity index (χ3v) is 5.57. The van der Waals surface area contributed by atoms with Crippen molar-refractivity contribution in [2.24, 2.45) is 4.99 Å². The Balaban J connectivity index is 1.56. The lowest BCUT2D eigenvalue weighted by Gasteiger charge is -2.16. The van der Waals surface area contributed by atoms with E-state index in [4.69, 9.17) is 0 Å². The van der Waals surface area contributed by atoms with E-state index < -0.39 is 5.25 Å². The number of thioether (sulfide) groups is 1. The van der Waals surface area contributed by atoms with Crippen LogP contribution >= 0.6 is 11.8 Å². The van der Waals surface area contributed by atoms with Gasteiger partial charge in [-0.15, -0.1) is 0 Å². The molecule has 5 nitrogen and oxygen atoms in total. The Kier molecular flexibility index (Phi) is 5.90. The number of nitrogens with zero attached hydrogens (tertiary/aromatic N) is 2. The molecule has 1 atom stereocenters. The fourth-order valence-electron chi connectivity index (χ4n) is 3.02. The number of anilines is 2. The summed E-state index contributed by atoms with van der Waals surface area (Å²) in [6, 6.07) is 24.1. The molecule has 0 aromatic heterocycles. The van der Waals surface area contributed by atoms with Crippen LogP contribution in [0.1, 0.15) is 6.42 Å². The molecule has 3 aromatic rings. The first kappa shape index (κ1) is 19.8. The second-order valence-corrected chi connectivity index (χ2v) is 7.77. The van der Waals surface area contributed by atoms with Crippen LogP contribution in [0.4, 0.5) is 21.5 Å². The van der Waals surface area contributed by atoms with Gasteiger partial charge in [0.05, 0.1) is 11.4 Å². The monoisotopic (exact) mass is 419 g/mol. The van der Waals surface area contributed by atoms with Crippen LogP contribution in [0.15, 0.2) is 89.9 Å². The van der Waals surface area contributed by atoms with Crippen molar-refractivity contribution in [3.05, 3.63) is 90.7 Å². The SMILES string of the molecule is O=C(C[C@@H]1SC(=Nc2ccccc2)N(c2ccccc2)C1=O)Nc1ccc(F)cc1. The Hall–Kier alpha value is -3.45. The van der Waals surface area contributed by atoms with Crippen LogP contribution in [0, 0.1) is 5.82 Å². The summed E-state index contributed by atoms with van der Waals surface area (Å²) >= 11 is 1.26. The largest absolute Gasteiger partial charge is 0.326 e. The Morgan fingerprint density at radius 2 is 1.60 bits per heavy atom. The average molecular weight is 419 g/mol. The highest BCUT2D eigenvalue weighted by Gasteiger charge is 2.40. The molecule has 3 aromatic carbocycles. The van der Waals surface area contributed by atoms with E-state index in [9.17, 15) is 14.0 Å². The molecule has 1 N–H and O–H groups in total. The van der Waals surface area contributed by atoms with Gasteiger partial charge in [0.15, 0.2) is 5.17 Å². The maximum Gasteiger partial charge on any atom is 0.247 e. The summed E-state index contributed by atoms with van der Waals surface area (Å²) in [5, 5.41) is 2.63. The van der Waals surface area contributed by atoms with Gasteiger partial charge in [0.25, 0.3) is 0 Å². The van der Waals surface area contributed by atoms with Gasteiger partial charge < -0.3 is 5.32 Å². The summed E-state index contributed by atoms with van der Waals surface area (Å²) in [7, 11) is 0. The highest BCUT2D eigenvalue weighted by Crippen LogP contribution is 2.35. The second-order valence-electron chi connectivity index (χ2n) is 6.60. The number of amides is 2. The number of amidine groups is 1. The highest BCUT2D eigenvalue weighted by molar-refractivity contribution is 8.16. The van der Waals surface area contributed by atoms with Crippen LogP contribution in [0.25, 0.3) is 0 Å². The van der Waals surface area contributed by atoms with Crippen LogP contribution in [-0.2, 0) is 9.59 Å². The zero-order chi connectivity index (χ0) is 20.9. The minimum absolute atomic E-state index is 0.0159. The number of carbonyl (C=O) groups excluding carboxylic acids is 2. The van der Waals surface area contributed by atoms with Gasteiger partial charge in [-0.2, -0.15) is 0 Å². The predicted molar refractivity (Wildman–Crippen MR) is 118 cm³/mol. The van der Waals surface area contributed by atoms with Crippen LogP contribution in [0.3, 0.4) is 0 Å². The fourth-order valence-corrected chi connectivity index (χ4v) is 4.17. The van der Waals surface area contributed by atoms with Gasteiger partial charge in [-0.05, 0) is 48.5 Å². The van der Waals surface area contributed by atoms with E-state index in [1.807, 2.05) is 60.7 Å². The molecule has 1 heterocycles. The maximum atomic E-state index is 13.1. The first-order valence-corrected chi connectivity index (χ1v) is 10.2. The fraction of sp³-hybridized carbons (Fsp3) is 0.0870. The molecule has 0 radical (unpaired) electrons. The predicted octanol–water partition coefficient (Wildman–Crippen LogP) is 4.99. The Morgan fingerprint density at radius 1 is 0.967 bits per heavy atom. The first-order chi connectivity index (χ1) is 14.6. The lowest BCUT2D eigenvalue weighted by Crippen LogP contribution is -2.33. The highest BCUT2D eigenvalue weighted by atomic mass is 32.2. The molecular weight excluding hydrogens is 401 g/mol. The molecule has 1 aliphatic rings. The Labute approximate surface area is 177 Å². The van der Waals surface area contributed by atoms with Crippen molar-refractivity contribution >= 4 is 45.8 Å². The average Bonchev–Trinajstić information content (AvgIpc) is 3.05. The number of rotatable bonds is 5. The summed E-state index contributed by atoms with van der Waals surface area (Å²) < 4.78 is 13.0. The molecule has 0 saturated carbocycles. The summed E-state index contributed by atoms with van der Waals surface area (Å²) in [6.07, 6.45) is -0.0159. The van der Waals surface area contributed by atoms with Gasteiger partial charge in [-0.3, -0.25) is 14.5 Å². The third-order valence-electron chi connectivity index (χ3n) is 4.43. The van der Waals surface area contributed by atoms with Crippen molar-refractivity contribution in [1.29, 1.82) is 0 Å². The van der Waals surface area contributed by atoms with Gasteiger partial charge >= 0.3 is 0 Å².